The van der Waals surface area contributed by atoms with Gasteiger partial charge in [-0.25, -0.2) is 17.6 Å². The van der Waals surface area contributed by atoms with Gasteiger partial charge in [-0.3, -0.25) is 4.72 Å². The number of nitrogens with one attached hydrogen (secondary N) is 1. The Bertz CT molecular complexity index is 1330. The Balaban J connectivity index is 2.00. The summed E-state index contributed by atoms with van der Waals surface area (Å²) in [6.07, 6.45) is 0. The normalized spacial score (nSPS) is 14.7. The van der Waals surface area contributed by atoms with Crippen molar-refractivity contribution in [3.63, 3.8) is 0 Å². The van der Waals surface area contributed by atoms with Gasteiger partial charge >= 0.3 is 5.97 Å². The van der Waals surface area contributed by atoms with Gasteiger partial charge in [0, 0.05) is 0 Å². The summed E-state index contributed by atoms with van der Waals surface area (Å²) < 4.78 is 52.9. The lowest BCUT2D eigenvalue weighted by Gasteiger charge is -2.15. The monoisotopic (exact) mass is 463 g/mol. The van der Waals surface area contributed by atoms with Gasteiger partial charge in [0.2, 0.25) is 0 Å². The Morgan fingerprint density at radius 2 is 1.90 bits per heavy atom. The summed E-state index contributed by atoms with van der Waals surface area (Å²) >= 11 is 5.96. The van der Waals surface area contributed by atoms with E-state index in [0.29, 0.717) is 16.7 Å². The first-order valence-electron chi connectivity index (χ1n) is 8.89. The minimum atomic E-state index is -4.40. The minimum Gasteiger partial charge on any atom is -0.505 e. The van der Waals surface area contributed by atoms with Gasteiger partial charge in [0.25, 0.3) is 10.0 Å². The summed E-state index contributed by atoms with van der Waals surface area (Å²) in [6, 6.07) is 10.6. The summed E-state index contributed by atoms with van der Waals surface area (Å²) in [7, 11) is -3.04. The van der Waals surface area contributed by atoms with Crippen LogP contribution in [-0.4, -0.2) is 26.6 Å². The molecule has 2 N–H and O–H groups in total. The lowest BCUT2D eigenvalue weighted by atomic mass is 9.99. The van der Waals surface area contributed by atoms with E-state index in [9.17, 15) is 22.7 Å². The fraction of sp³-hybridized carbons (Fsp3) is 0.0952. The molecule has 0 unspecified atom stereocenters. The molecule has 0 aromatic heterocycles. The molecule has 31 heavy (non-hydrogen) atoms. The average Bonchev–Trinajstić information content (AvgIpc) is 2.73. The second-order valence-electron chi connectivity index (χ2n) is 6.70. The van der Waals surface area contributed by atoms with Crippen LogP contribution < -0.4 is 9.46 Å². The lowest BCUT2D eigenvalue weighted by molar-refractivity contribution is 0.0473. The van der Waals surface area contributed by atoms with Gasteiger partial charge in [0.15, 0.2) is 5.75 Å². The molecule has 3 aromatic rings. The lowest BCUT2D eigenvalue weighted by Crippen LogP contribution is -2.15. The van der Waals surface area contributed by atoms with Crippen molar-refractivity contribution in [1.29, 1.82) is 0 Å². The standard InChI is InChI=1S/C21H15ClFNO6S/c1-29-18-5-3-11-7-17(18)24-31(27,28)19-8-13(6-16(22)20(19)25)21(26)30-10-12-2-4-14(23)9-15(11)12/h2-9,24-25H,10H2,1H3. The third kappa shape index (κ3) is 3.89. The molecule has 3 aromatic carbocycles. The molecule has 160 valence electrons. The Morgan fingerprint density at radius 3 is 2.65 bits per heavy atom. The molecule has 0 amide bonds. The maximum Gasteiger partial charge on any atom is 0.338 e. The SMILES string of the molecule is COc1ccc2cc1NS(=O)(=O)c1cc(cc(Cl)c1O)C(=O)OCc1ccc(F)cc1-2. The summed E-state index contributed by atoms with van der Waals surface area (Å²) in [5.74, 6) is -1.91. The van der Waals surface area contributed by atoms with Crippen LogP contribution in [0.15, 0.2) is 53.4 Å². The highest BCUT2D eigenvalue weighted by Crippen LogP contribution is 2.38. The quantitative estimate of drug-likeness (QED) is 0.521. The number of carbonyl (C=O) groups excluding carboxylic acids is 1. The Morgan fingerprint density at radius 1 is 1.13 bits per heavy atom. The highest BCUT2D eigenvalue weighted by molar-refractivity contribution is 7.92. The molecule has 0 saturated heterocycles. The van der Waals surface area contributed by atoms with Gasteiger partial charge in [-0.1, -0.05) is 23.7 Å². The fourth-order valence-electron chi connectivity index (χ4n) is 3.22. The van der Waals surface area contributed by atoms with Crippen LogP contribution in [0.1, 0.15) is 15.9 Å². The Hall–Kier alpha value is -3.30. The van der Waals surface area contributed by atoms with E-state index < -0.39 is 32.5 Å². The molecule has 0 radical (unpaired) electrons. The second kappa shape index (κ2) is 7.75. The number of aromatic hydroxyl groups is 1. The number of phenols is 1. The zero-order valence-corrected chi connectivity index (χ0v) is 17.6. The van der Waals surface area contributed by atoms with Crippen molar-refractivity contribution >= 4 is 33.3 Å². The van der Waals surface area contributed by atoms with Crippen molar-refractivity contribution in [1.82, 2.24) is 0 Å². The number of sulfonamides is 1. The van der Waals surface area contributed by atoms with E-state index >= 15 is 0 Å². The van der Waals surface area contributed by atoms with Crippen LogP contribution in [0.5, 0.6) is 11.5 Å². The summed E-state index contributed by atoms with van der Waals surface area (Å²) in [4.78, 5) is 11.9. The third-order valence-corrected chi connectivity index (χ3v) is 6.41. The third-order valence-electron chi connectivity index (χ3n) is 4.74. The molecular formula is C21H15ClFNO6S. The number of benzene rings is 3. The van der Waals surface area contributed by atoms with E-state index in [-0.39, 0.29) is 28.6 Å². The van der Waals surface area contributed by atoms with Crippen LogP contribution in [0.2, 0.25) is 5.02 Å². The van der Waals surface area contributed by atoms with E-state index in [4.69, 9.17) is 21.1 Å². The van der Waals surface area contributed by atoms with Crippen molar-refractivity contribution in [3.8, 4) is 22.6 Å². The zero-order chi connectivity index (χ0) is 22.3. The van der Waals surface area contributed by atoms with E-state index in [1.807, 2.05) is 0 Å². The van der Waals surface area contributed by atoms with Crippen LogP contribution in [0.25, 0.3) is 11.1 Å². The summed E-state index contributed by atoms with van der Waals surface area (Å²) in [5, 5.41) is 9.90. The number of carbonyl (C=O) groups is 1. The first-order valence-corrected chi connectivity index (χ1v) is 10.7. The van der Waals surface area contributed by atoms with Crippen molar-refractivity contribution in [2.45, 2.75) is 11.5 Å². The first kappa shape index (κ1) is 21.0. The van der Waals surface area contributed by atoms with Crippen LogP contribution in [0, 0.1) is 5.82 Å². The molecule has 0 fully saturated rings. The number of anilines is 1. The minimum absolute atomic E-state index is 0.0441. The predicted molar refractivity (Wildman–Crippen MR) is 111 cm³/mol. The molecule has 4 bridgehead atoms. The molecule has 1 aliphatic rings. The molecule has 0 aliphatic carbocycles. The predicted octanol–water partition coefficient (Wildman–Crippen LogP) is 4.33. The molecule has 10 heteroatoms. The number of rotatable bonds is 1. The fourth-order valence-corrected chi connectivity index (χ4v) is 4.70. The molecule has 0 atom stereocenters. The van der Waals surface area contributed by atoms with Gasteiger partial charge in [-0.15, -0.1) is 0 Å². The number of halogens is 2. The Kier molecular flexibility index (Phi) is 5.24. The summed E-state index contributed by atoms with van der Waals surface area (Å²) in [5.41, 5.74) is 1.23. The molecule has 4 rings (SSSR count). The average molecular weight is 464 g/mol. The van der Waals surface area contributed by atoms with Crippen molar-refractivity contribution in [2.75, 3.05) is 11.8 Å². The number of hydrogen-bond donors (Lipinski definition) is 2. The van der Waals surface area contributed by atoms with Crippen LogP contribution in [0.4, 0.5) is 10.1 Å². The molecule has 1 aliphatic heterocycles. The van der Waals surface area contributed by atoms with Crippen molar-refractivity contribution in [2.24, 2.45) is 0 Å². The van der Waals surface area contributed by atoms with Crippen LogP contribution in [0.3, 0.4) is 0 Å². The highest BCUT2D eigenvalue weighted by atomic mass is 35.5. The van der Waals surface area contributed by atoms with Crippen LogP contribution >= 0.6 is 11.6 Å². The largest absolute Gasteiger partial charge is 0.505 e. The molecular weight excluding hydrogens is 449 g/mol. The number of cyclic esters (lactones) is 1. The van der Waals surface area contributed by atoms with Gasteiger partial charge < -0.3 is 14.6 Å². The maximum absolute atomic E-state index is 14.0. The van der Waals surface area contributed by atoms with E-state index in [0.717, 1.165) is 12.1 Å². The number of ether oxygens (including phenoxy) is 2. The van der Waals surface area contributed by atoms with E-state index in [2.05, 4.69) is 4.72 Å². The number of fused-ring (bicyclic) bond motifs is 6. The molecule has 0 saturated carbocycles. The first-order chi connectivity index (χ1) is 14.7. The van der Waals surface area contributed by atoms with Gasteiger partial charge in [-0.2, -0.15) is 0 Å². The van der Waals surface area contributed by atoms with Gasteiger partial charge in [0.1, 0.15) is 23.1 Å². The van der Waals surface area contributed by atoms with E-state index in [1.165, 1.54) is 37.4 Å². The van der Waals surface area contributed by atoms with E-state index in [1.54, 1.807) is 6.07 Å². The topological polar surface area (TPSA) is 102 Å². The van der Waals surface area contributed by atoms with Gasteiger partial charge in [0.05, 0.1) is 23.4 Å². The zero-order valence-electron chi connectivity index (χ0n) is 16.0. The number of phenolic OH excluding ortho intramolecular Hbond substituents is 1. The molecule has 0 spiro atoms. The second-order valence-corrected chi connectivity index (χ2v) is 8.76. The Labute approximate surface area is 182 Å². The number of esters is 1. The van der Waals surface area contributed by atoms with Crippen molar-refractivity contribution < 1.29 is 32.2 Å². The number of hydrogen-bond acceptors (Lipinski definition) is 6. The maximum atomic E-state index is 14.0. The smallest absolute Gasteiger partial charge is 0.338 e. The highest BCUT2D eigenvalue weighted by Gasteiger charge is 2.26. The number of methoxy groups -OCH3 is 1. The van der Waals surface area contributed by atoms with Gasteiger partial charge in [-0.05, 0) is 53.1 Å². The molecule has 1 heterocycles. The summed E-state index contributed by atoms with van der Waals surface area (Å²) in [6.45, 7) is -0.205. The molecule has 7 nitrogen and oxygen atoms in total. The van der Waals surface area contributed by atoms with Crippen molar-refractivity contribution in [3.05, 3.63) is 70.5 Å². The van der Waals surface area contributed by atoms with Crippen LogP contribution in [-0.2, 0) is 21.4 Å².